The average Bonchev–Trinajstić information content (AvgIpc) is 3.24. The number of nitrogens with one attached hydrogen (secondary N) is 1. The third-order valence-electron chi connectivity index (χ3n) is 4.48. The highest BCUT2D eigenvalue weighted by molar-refractivity contribution is 7.19. The van der Waals surface area contributed by atoms with Crippen LogP contribution in [-0.4, -0.2) is 70.9 Å². The van der Waals surface area contributed by atoms with Crippen LogP contribution >= 0.6 is 11.3 Å². The van der Waals surface area contributed by atoms with Crippen LogP contribution in [-0.2, 0) is 9.53 Å². The zero-order valence-corrected chi connectivity index (χ0v) is 16.6. The highest BCUT2D eigenvalue weighted by Crippen LogP contribution is 2.33. The number of hydrogen-bond donors (Lipinski definition) is 3. The predicted molar refractivity (Wildman–Crippen MR) is 109 cm³/mol. The van der Waals surface area contributed by atoms with Crippen molar-refractivity contribution in [2.75, 3.05) is 32.1 Å². The van der Waals surface area contributed by atoms with E-state index in [1.165, 1.54) is 16.2 Å². The molecule has 2 aromatic rings. The molecule has 8 nitrogen and oxygen atoms in total. The fourth-order valence-electron chi connectivity index (χ4n) is 2.74. The molecule has 1 unspecified atom stereocenters. The lowest BCUT2D eigenvalue weighted by atomic mass is 10.1. The SMILES string of the molecule is C#Cc1cccc(-c2nc(C(=O)O)c(NC3COC3)s2)c1.CN1CCC(O)C1=O. The summed E-state index contributed by atoms with van der Waals surface area (Å²) < 4.78 is 5.08. The number of aromatic nitrogens is 1. The fourth-order valence-corrected chi connectivity index (χ4v) is 3.77. The van der Waals surface area contributed by atoms with Gasteiger partial charge < -0.3 is 25.2 Å². The van der Waals surface area contributed by atoms with E-state index in [-0.39, 0.29) is 17.6 Å². The number of aliphatic hydroxyl groups is 1. The van der Waals surface area contributed by atoms with Gasteiger partial charge in [-0.05, 0) is 18.6 Å². The standard InChI is InChI=1S/C15H12N2O3S.C5H9NO2/c1-2-9-4-3-5-10(6-9)13-17-12(15(18)19)14(21-13)16-11-7-20-8-11;1-6-3-2-4(7)5(6)8/h1,3-6,11,16H,7-8H2,(H,18,19);4,7H,2-3H2,1H3. The summed E-state index contributed by atoms with van der Waals surface area (Å²) in [4.78, 5) is 27.6. The van der Waals surface area contributed by atoms with Gasteiger partial charge in [0.05, 0.1) is 19.3 Å². The number of likely N-dealkylation sites (tertiary alicyclic amines) is 1. The number of carboxylic acids is 1. The van der Waals surface area contributed by atoms with Crippen molar-refractivity contribution in [1.29, 1.82) is 0 Å². The largest absolute Gasteiger partial charge is 0.476 e. The van der Waals surface area contributed by atoms with Gasteiger partial charge >= 0.3 is 5.97 Å². The van der Waals surface area contributed by atoms with Gasteiger partial charge in [-0.15, -0.1) is 6.42 Å². The van der Waals surface area contributed by atoms with Crippen LogP contribution in [0.1, 0.15) is 22.5 Å². The molecular formula is C20H21N3O5S. The predicted octanol–water partition coefficient (Wildman–Crippen LogP) is 1.51. The molecule has 1 aromatic heterocycles. The second-order valence-electron chi connectivity index (χ2n) is 6.67. The molecule has 1 aromatic carbocycles. The number of benzene rings is 1. The molecule has 0 aliphatic carbocycles. The number of aliphatic hydroxyl groups excluding tert-OH is 1. The monoisotopic (exact) mass is 415 g/mol. The molecule has 29 heavy (non-hydrogen) atoms. The van der Waals surface area contributed by atoms with Crippen molar-refractivity contribution in [3.8, 4) is 22.9 Å². The molecule has 0 bridgehead atoms. The first-order valence-corrected chi connectivity index (χ1v) is 9.79. The minimum atomic E-state index is -1.05. The number of carbonyl (C=O) groups is 2. The first-order chi connectivity index (χ1) is 13.9. The van der Waals surface area contributed by atoms with E-state index in [1.807, 2.05) is 24.3 Å². The van der Waals surface area contributed by atoms with Crippen LogP contribution in [0.5, 0.6) is 0 Å². The Morgan fingerprint density at radius 3 is 2.69 bits per heavy atom. The Labute approximate surface area is 172 Å². The van der Waals surface area contributed by atoms with Crippen molar-refractivity contribution in [2.45, 2.75) is 18.6 Å². The molecule has 1 amide bonds. The van der Waals surface area contributed by atoms with Crippen molar-refractivity contribution in [2.24, 2.45) is 0 Å². The summed E-state index contributed by atoms with van der Waals surface area (Å²) >= 11 is 1.31. The lowest BCUT2D eigenvalue weighted by Crippen LogP contribution is -2.40. The topological polar surface area (TPSA) is 112 Å². The van der Waals surface area contributed by atoms with Crippen LogP contribution in [0.4, 0.5) is 5.00 Å². The first-order valence-electron chi connectivity index (χ1n) is 8.97. The second kappa shape index (κ2) is 9.05. The van der Waals surface area contributed by atoms with Crippen LogP contribution in [0.25, 0.3) is 10.6 Å². The van der Waals surface area contributed by atoms with Gasteiger partial charge in [-0.1, -0.05) is 29.4 Å². The summed E-state index contributed by atoms with van der Waals surface area (Å²) in [6.45, 7) is 1.86. The van der Waals surface area contributed by atoms with Gasteiger partial charge in [-0.2, -0.15) is 0 Å². The number of aromatic carboxylic acids is 1. The minimum absolute atomic E-state index is 0.0352. The van der Waals surface area contributed by atoms with Crippen LogP contribution in [0.2, 0.25) is 0 Å². The Balaban J connectivity index is 0.000000252. The van der Waals surface area contributed by atoms with Crippen molar-refractivity contribution in [3.63, 3.8) is 0 Å². The zero-order chi connectivity index (χ0) is 21.0. The van der Waals surface area contributed by atoms with E-state index >= 15 is 0 Å². The highest BCUT2D eigenvalue weighted by atomic mass is 32.1. The van der Waals surface area contributed by atoms with Gasteiger partial charge in [0.15, 0.2) is 5.69 Å². The summed E-state index contributed by atoms with van der Waals surface area (Å²) in [5, 5.41) is 22.4. The summed E-state index contributed by atoms with van der Waals surface area (Å²) in [5.41, 5.74) is 1.59. The van der Waals surface area contributed by atoms with Crippen LogP contribution in [0, 0.1) is 12.3 Å². The number of carbonyl (C=O) groups excluding carboxylic acids is 1. The van der Waals surface area contributed by atoms with Gasteiger partial charge in [-0.3, -0.25) is 4.79 Å². The van der Waals surface area contributed by atoms with Crippen LogP contribution < -0.4 is 5.32 Å². The molecule has 2 aliphatic heterocycles. The van der Waals surface area contributed by atoms with Gasteiger partial charge in [0.25, 0.3) is 5.91 Å². The molecule has 4 rings (SSSR count). The smallest absolute Gasteiger partial charge is 0.357 e. The molecular weight excluding hydrogens is 394 g/mol. The zero-order valence-electron chi connectivity index (χ0n) is 15.8. The molecule has 2 saturated heterocycles. The van der Waals surface area contributed by atoms with E-state index < -0.39 is 12.1 Å². The number of nitrogens with zero attached hydrogens (tertiary/aromatic N) is 2. The molecule has 3 N–H and O–H groups in total. The van der Waals surface area contributed by atoms with Gasteiger partial charge in [0, 0.05) is 24.7 Å². The van der Waals surface area contributed by atoms with E-state index in [9.17, 15) is 14.7 Å². The molecule has 2 aliphatic rings. The normalized spacial score (nSPS) is 18.4. The number of rotatable bonds is 4. The molecule has 0 radical (unpaired) electrons. The van der Waals surface area contributed by atoms with E-state index in [0.717, 1.165) is 11.1 Å². The minimum Gasteiger partial charge on any atom is -0.476 e. The van der Waals surface area contributed by atoms with E-state index in [1.54, 1.807) is 7.05 Å². The molecule has 152 valence electrons. The molecule has 3 heterocycles. The van der Waals surface area contributed by atoms with Gasteiger partial charge in [-0.25, -0.2) is 9.78 Å². The van der Waals surface area contributed by atoms with Crippen molar-refractivity contribution >= 4 is 28.2 Å². The Morgan fingerprint density at radius 2 is 2.21 bits per heavy atom. The van der Waals surface area contributed by atoms with Crippen LogP contribution in [0.15, 0.2) is 24.3 Å². The van der Waals surface area contributed by atoms with Crippen molar-refractivity contribution in [1.82, 2.24) is 9.88 Å². The maximum Gasteiger partial charge on any atom is 0.357 e. The quantitative estimate of drug-likeness (QED) is 0.649. The number of carboxylic acid groups (broad SMARTS) is 1. The number of terminal acetylenes is 1. The molecule has 0 spiro atoms. The second-order valence-corrected chi connectivity index (χ2v) is 7.67. The molecule has 1 atom stereocenters. The lowest BCUT2D eigenvalue weighted by Gasteiger charge is -2.27. The third kappa shape index (κ3) is 4.92. The maximum atomic E-state index is 11.3. The van der Waals surface area contributed by atoms with E-state index in [4.69, 9.17) is 16.3 Å². The Morgan fingerprint density at radius 1 is 1.45 bits per heavy atom. The van der Waals surface area contributed by atoms with Gasteiger partial charge in [0.2, 0.25) is 0 Å². The highest BCUT2D eigenvalue weighted by Gasteiger charge is 2.26. The number of ether oxygens (including phenoxy) is 1. The Hall–Kier alpha value is -2.93. The Bertz CT molecular complexity index is 936. The van der Waals surface area contributed by atoms with E-state index in [0.29, 0.717) is 36.2 Å². The number of hydrogen-bond acceptors (Lipinski definition) is 7. The Kier molecular flexibility index (Phi) is 6.49. The first kappa shape index (κ1) is 20.8. The summed E-state index contributed by atoms with van der Waals surface area (Å²) in [6.07, 6.45) is 5.25. The third-order valence-corrected chi connectivity index (χ3v) is 5.51. The maximum absolute atomic E-state index is 11.3. The summed E-state index contributed by atoms with van der Waals surface area (Å²) in [5.74, 6) is 1.36. The molecule has 0 saturated carbocycles. The number of anilines is 1. The van der Waals surface area contributed by atoms with Crippen molar-refractivity contribution < 1.29 is 24.5 Å². The molecule has 9 heteroatoms. The van der Waals surface area contributed by atoms with Gasteiger partial charge in [0.1, 0.15) is 16.1 Å². The number of thiazole rings is 1. The van der Waals surface area contributed by atoms with E-state index in [2.05, 4.69) is 16.2 Å². The lowest BCUT2D eigenvalue weighted by molar-refractivity contribution is -0.133. The summed E-state index contributed by atoms with van der Waals surface area (Å²) in [6, 6.07) is 7.48. The van der Waals surface area contributed by atoms with Crippen molar-refractivity contribution in [3.05, 3.63) is 35.5 Å². The average molecular weight is 415 g/mol. The van der Waals surface area contributed by atoms with Crippen LogP contribution in [0.3, 0.4) is 0 Å². The fraction of sp³-hybridized carbons (Fsp3) is 0.350. The number of likely N-dealkylation sites (N-methyl/N-ethyl adjacent to an activating group) is 1. The number of amides is 1. The summed E-state index contributed by atoms with van der Waals surface area (Å²) in [7, 11) is 1.69. The molecule has 2 fully saturated rings.